The summed E-state index contributed by atoms with van der Waals surface area (Å²) in [6, 6.07) is 19.0. The third-order valence-electron chi connectivity index (χ3n) is 4.48. The fourth-order valence-corrected chi connectivity index (χ4v) is 3.01. The largest absolute Gasteiger partial charge is 0.457 e. The number of nitrogens with zero attached hydrogens (tertiary/aromatic N) is 1. The smallest absolute Gasteiger partial charge is 0.410 e. The van der Waals surface area contributed by atoms with E-state index in [1.807, 2.05) is 12.1 Å². The number of cyclic esters (lactones) is 1. The van der Waals surface area contributed by atoms with Crippen molar-refractivity contribution in [3.8, 4) is 11.5 Å². The molecular weight excluding hydrogens is 364 g/mol. The minimum atomic E-state index is -0.408. The number of benzene rings is 3. The molecule has 6 heteroatoms. The lowest BCUT2D eigenvalue weighted by atomic mass is 10.1. The standard InChI is InChI=1S/C22H17F2NO3/c23-17-5-3-16(4-6-17)21-14-25(22(26)28-21)13-15-1-9-19(10-2-15)27-20-11-7-18(24)8-12-20/h1-12,21H,13-14H2. The van der Waals surface area contributed by atoms with Crippen molar-refractivity contribution in [3.63, 3.8) is 0 Å². The number of hydrogen-bond donors (Lipinski definition) is 0. The first-order valence-corrected chi connectivity index (χ1v) is 8.80. The summed E-state index contributed by atoms with van der Waals surface area (Å²) in [6.07, 6.45) is -0.810. The number of amides is 1. The van der Waals surface area contributed by atoms with Gasteiger partial charge in [-0.05, 0) is 59.7 Å². The molecule has 4 nitrogen and oxygen atoms in total. The Morgan fingerprint density at radius 3 is 2.00 bits per heavy atom. The molecule has 0 radical (unpaired) electrons. The van der Waals surface area contributed by atoms with Gasteiger partial charge in [0.2, 0.25) is 0 Å². The van der Waals surface area contributed by atoms with Gasteiger partial charge in [-0.25, -0.2) is 13.6 Å². The zero-order valence-electron chi connectivity index (χ0n) is 14.8. The number of rotatable bonds is 5. The molecule has 0 saturated carbocycles. The van der Waals surface area contributed by atoms with Gasteiger partial charge >= 0.3 is 6.09 Å². The van der Waals surface area contributed by atoms with Crippen LogP contribution in [0.15, 0.2) is 72.8 Å². The van der Waals surface area contributed by atoms with Crippen LogP contribution in [0.5, 0.6) is 11.5 Å². The summed E-state index contributed by atoms with van der Waals surface area (Å²) >= 11 is 0. The molecule has 1 fully saturated rings. The molecule has 1 saturated heterocycles. The Balaban J connectivity index is 1.38. The minimum Gasteiger partial charge on any atom is -0.457 e. The Hall–Kier alpha value is -3.41. The topological polar surface area (TPSA) is 38.8 Å². The van der Waals surface area contributed by atoms with Gasteiger partial charge in [0.05, 0.1) is 6.54 Å². The molecule has 1 aliphatic heterocycles. The second kappa shape index (κ2) is 7.68. The summed E-state index contributed by atoms with van der Waals surface area (Å²) in [5.41, 5.74) is 1.68. The molecule has 1 unspecified atom stereocenters. The zero-order valence-corrected chi connectivity index (χ0v) is 14.8. The van der Waals surface area contributed by atoms with Gasteiger partial charge in [0, 0.05) is 6.54 Å². The first-order valence-electron chi connectivity index (χ1n) is 8.80. The van der Waals surface area contributed by atoms with Crippen LogP contribution in [-0.2, 0) is 11.3 Å². The summed E-state index contributed by atoms with van der Waals surface area (Å²) in [6.45, 7) is 0.797. The van der Waals surface area contributed by atoms with Crippen molar-refractivity contribution in [2.45, 2.75) is 12.6 Å². The Morgan fingerprint density at radius 1 is 0.857 bits per heavy atom. The third kappa shape index (κ3) is 4.11. The van der Waals surface area contributed by atoms with Gasteiger partial charge in [0.1, 0.15) is 29.2 Å². The van der Waals surface area contributed by atoms with Crippen LogP contribution < -0.4 is 4.74 Å². The maximum Gasteiger partial charge on any atom is 0.410 e. The summed E-state index contributed by atoms with van der Waals surface area (Å²) in [4.78, 5) is 13.7. The van der Waals surface area contributed by atoms with E-state index in [-0.39, 0.29) is 11.6 Å². The summed E-state index contributed by atoms with van der Waals surface area (Å²) in [7, 11) is 0. The highest BCUT2D eigenvalue weighted by Crippen LogP contribution is 2.28. The molecular formula is C22H17F2NO3. The SMILES string of the molecule is O=C1OC(c2ccc(F)cc2)CN1Cc1ccc(Oc2ccc(F)cc2)cc1. The van der Waals surface area contributed by atoms with Crippen molar-refractivity contribution >= 4 is 6.09 Å². The van der Waals surface area contributed by atoms with Crippen molar-refractivity contribution in [2.75, 3.05) is 6.54 Å². The second-order valence-corrected chi connectivity index (χ2v) is 6.50. The van der Waals surface area contributed by atoms with Crippen LogP contribution >= 0.6 is 0 Å². The van der Waals surface area contributed by atoms with E-state index < -0.39 is 12.2 Å². The molecule has 1 atom stereocenters. The van der Waals surface area contributed by atoms with Gasteiger partial charge in [-0.2, -0.15) is 0 Å². The van der Waals surface area contributed by atoms with E-state index >= 15 is 0 Å². The lowest BCUT2D eigenvalue weighted by molar-refractivity contribution is 0.132. The molecule has 142 valence electrons. The van der Waals surface area contributed by atoms with Crippen molar-refractivity contribution in [1.29, 1.82) is 0 Å². The van der Waals surface area contributed by atoms with Crippen LogP contribution in [0.4, 0.5) is 13.6 Å². The summed E-state index contributed by atoms with van der Waals surface area (Å²) in [5, 5.41) is 0. The van der Waals surface area contributed by atoms with Gasteiger partial charge in [-0.1, -0.05) is 24.3 Å². The normalized spacial score (nSPS) is 16.1. The van der Waals surface area contributed by atoms with E-state index in [1.54, 1.807) is 41.3 Å². The zero-order chi connectivity index (χ0) is 19.5. The van der Waals surface area contributed by atoms with Gasteiger partial charge in [-0.15, -0.1) is 0 Å². The van der Waals surface area contributed by atoms with Crippen molar-refractivity contribution in [1.82, 2.24) is 4.90 Å². The van der Waals surface area contributed by atoms with Crippen LogP contribution in [0.1, 0.15) is 17.2 Å². The van der Waals surface area contributed by atoms with E-state index in [9.17, 15) is 13.6 Å². The Morgan fingerprint density at radius 2 is 1.39 bits per heavy atom. The number of carbonyl (C=O) groups excluding carboxylic acids is 1. The van der Waals surface area contributed by atoms with Crippen LogP contribution in [0.3, 0.4) is 0 Å². The van der Waals surface area contributed by atoms with Gasteiger partial charge in [0.25, 0.3) is 0 Å². The lowest BCUT2D eigenvalue weighted by Gasteiger charge is -2.13. The van der Waals surface area contributed by atoms with E-state index in [4.69, 9.17) is 9.47 Å². The average Bonchev–Trinajstić information content (AvgIpc) is 3.06. The fraction of sp³-hybridized carbons (Fsp3) is 0.136. The quantitative estimate of drug-likeness (QED) is 0.590. The molecule has 0 N–H and O–H groups in total. The van der Waals surface area contributed by atoms with E-state index in [1.165, 1.54) is 24.3 Å². The van der Waals surface area contributed by atoms with Crippen LogP contribution in [0.25, 0.3) is 0 Å². The van der Waals surface area contributed by atoms with E-state index in [2.05, 4.69) is 0 Å². The maximum absolute atomic E-state index is 13.1. The minimum absolute atomic E-state index is 0.320. The van der Waals surface area contributed by atoms with Crippen molar-refractivity contribution in [3.05, 3.63) is 95.6 Å². The number of ether oxygens (including phenoxy) is 2. The Bertz CT molecular complexity index is 957. The van der Waals surface area contributed by atoms with Crippen LogP contribution in [0.2, 0.25) is 0 Å². The summed E-state index contributed by atoms with van der Waals surface area (Å²) < 4.78 is 37.1. The Kier molecular flexibility index (Phi) is 4.93. The van der Waals surface area contributed by atoms with Gasteiger partial charge in [0.15, 0.2) is 0 Å². The van der Waals surface area contributed by atoms with Crippen LogP contribution in [0, 0.1) is 11.6 Å². The number of hydrogen-bond acceptors (Lipinski definition) is 3. The predicted molar refractivity (Wildman–Crippen MR) is 98.9 cm³/mol. The van der Waals surface area contributed by atoms with Crippen molar-refractivity contribution < 1.29 is 23.0 Å². The molecule has 0 aromatic heterocycles. The first kappa shape index (κ1) is 18.0. The van der Waals surface area contributed by atoms with Crippen molar-refractivity contribution in [2.24, 2.45) is 0 Å². The molecule has 3 aromatic carbocycles. The monoisotopic (exact) mass is 381 g/mol. The molecule has 1 aliphatic rings. The average molecular weight is 381 g/mol. The molecule has 0 spiro atoms. The first-order chi connectivity index (χ1) is 13.6. The predicted octanol–water partition coefficient (Wildman–Crippen LogP) is 5.45. The highest BCUT2D eigenvalue weighted by Gasteiger charge is 2.32. The maximum atomic E-state index is 13.1. The number of carbonyl (C=O) groups is 1. The number of halogens is 2. The molecule has 28 heavy (non-hydrogen) atoms. The molecule has 1 heterocycles. The fourth-order valence-electron chi connectivity index (χ4n) is 3.01. The highest BCUT2D eigenvalue weighted by atomic mass is 19.1. The van der Waals surface area contributed by atoms with Crippen LogP contribution in [-0.4, -0.2) is 17.5 Å². The molecule has 0 bridgehead atoms. The third-order valence-corrected chi connectivity index (χ3v) is 4.48. The molecule has 1 amide bonds. The highest BCUT2D eigenvalue weighted by molar-refractivity contribution is 5.70. The molecule has 4 rings (SSSR count). The second-order valence-electron chi connectivity index (χ2n) is 6.50. The molecule has 0 aliphatic carbocycles. The summed E-state index contributed by atoms with van der Waals surface area (Å²) in [5.74, 6) is 0.509. The van der Waals surface area contributed by atoms with E-state index in [0.717, 1.165) is 11.1 Å². The van der Waals surface area contributed by atoms with E-state index in [0.29, 0.717) is 24.6 Å². The van der Waals surface area contributed by atoms with Gasteiger partial charge < -0.3 is 9.47 Å². The van der Waals surface area contributed by atoms with Gasteiger partial charge in [-0.3, -0.25) is 4.90 Å². The molecule has 3 aromatic rings. The lowest BCUT2D eigenvalue weighted by Crippen LogP contribution is -2.23. The Labute approximate surface area is 160 Å².